The van der Waals surface area contributed by atoms with Crippen LogP contribution in [0.2, 0.25) is 0 Å². The molecule has 1 fully saturated rings. The average molecular weight is 198 g/mol. The van der Waals surface area contributed by atoms with Gasteiger partial charge in [-0.1, -0.05) is 0 Å². The summed E-state index contributed by atoms with van der Waals surface area (Å²) in [4.78, 5) is 6.70. The second-order valence-corrected chi connectivity index (χ2v) is 4.30. The minimum atomic E-state index is 0.526. The molecule has 0 aromatic carbocycles. The van der Waals surface area contributed by atoms with Gasteiger partial charge in [0.2, 0.25) is 0 Å². The lowest BCUT2D eigenvalue weighted by molar-refractivity contribution is -0.00439. The monoisotopic (exact) mass is 198 g/mol. The molecule has 13 heavy (non-hydrogen) atoms. The number of rotatable bonds is 2. The summed E-state index contributed by atoms with van der Waals surface area (Å²) in [6.07, 6.45) is 1.87. The third-order valence-corrected chi connectivity index (χ3v) is 3.09. The fourth-order valence-corrected chi connectivity index (χ4v) is 2.14. The Kier molecular flexibility index (Phi) is 2.93. The SMILES string of the molecule is CC1COCCN1Cc1nccs1. The van der Waals surface area contributed by atoms with E-state index in [1.54, 1.807) is 11.3 Å². The molecule has 3 nitrogen and oxygen atoms in total. The van der Waals surface area contributed by atoms with Crippen molar-refractivity contribution >= 4 is 11.3 Å². The molecule has 2 heterocycles. The lowest BCUT2D eigenvalue weighted by Crippen LogP contribution is -2.42. The number of morpholine rings is 1. The van der Waals surface area contributed by atoms with Crippen LogP contribution >= 0.6 is 11.3 Å². The van der Waals surface area contributed by atoms with Crippen molar-refractivity contribution in [1.29, 1.82) is 0 Å². The third kappa shape index (κ3) is 2.27. The number of nitrogens with zero attached hydrogens (tertiary/aromatic N) is 2. The number of ether oxygens (including phenoxy) is 1. The molecular formula is C9H14N2OS. The van der Waals surface area contributed by atoms with Crippen LogP contribution in [-0.2, 0) is 11.3 Å². The van der Waals surface area contributed by atoms with E-state index in [0.29, 0.717) is 6.04 Å². The van der Waals surface area contributed by atoms with E-state index >= 15 is 0 Å². The first-order valence-electron chi connectivity index (χ1n) is 4.56. The molecule has 1 atom stereocenters. The van der Waals surface area contributed by atoms with Crippen LogP contribution in [0.25, 0.3) is 0 Å². The van der Waals surface area contributed by atoms with E-state index in [1.165, 1.54) is 5.01 Å². The fraction of sp³-hybridized carbons (Fsp3) is 0.667. The number of thiazole rings is 1. The van der Waals surface area contributed by atoms with Gasteiger partial charge in [0.1, 0.15) is 5.01 Å². The van der Waals surface area contributed by atoms with Crippen LogP contribution in [0.4, 0.5) is 0 Å². The van der Waals surface area contributed by atoms with Gasteiger partial charge >= 0.3 is 0 Å². The molecule has 1 saturated heterocycles. The summed E-state index contributed by atoms with van der Waals surface area (Å²) in [5, 5.41) is 3.23. The van der Waals surface area contributed by atoms with Crippen LogP contribution in [0, 0.1) is 0 Å². The van der Waals surface area contributed by atoms with Crippen LogP contribution in [0.15, 0.2) is 11.6 Å². The van der Waals surface area contributed by atoms with E-state index in [-0.39, 0.29) is 0 Å². The first-order valence-corrected chi connectivity index (χ1v) is 5.44. The summed E-state index contributed by atoms with van der Waals surface area (Å²) in [5.74, 6) is 0. The van der Waals surface area contributed by atoms with E-state index in [1.807, 2.05) is 11.6 Å². The van der Waals surface area contributed by atoms with Crippen molar-refractivity contribution < 1.29 is 4.74 Å². The molecule has 1 unspecified atom stereocenters. The number of hydrogen-bond donors (Lipinski definition) is 0. The molecule has 0 bridgehead atoms. The second kappa shape index (κ2) is 4.17. The van der Waals surface area contributed by atoms with Gasteiger partial charge in [0.05, 0.1) is 19.8 Å². The largest absolute Gasteiger partial charge is 0.379 e. The Balaban J connectivity index is 1.93. The van der Waals surface area contributed by atoms with Gasteiger partial charge in [-0.25, -0.2) is 4.98 Å². The van der Waals surface area contributed by atoms with Crippen molar-refractivity contribution in [1.82, 2.24) is 9.88 Å². The van der Waals surface area contributed by atoms with Gasteiger partial charge in [0.15, 0.2) is 0 Å². The van der Waals surface area contributed by atoms with Gasteiger partial charge in [-0.05, 0) is 6.92 Å². The predicted octanol–water partition coefficient (Wildman–Crippen LogP) is 1.36. The quantitative estimate of drug-likeness (QED) is 0.717. The minimum absolute atomic E-state index is 0.526. The Bertz CT molecular complexity index is 250. The summed E-state index contributed by atoms with van der Waals surface area (Å²) >= 11 is 1.73. The summed E-state index contributed by atoms with van der Waals surface area (Å²) in [6, 6.07) is 0.526. The van der Waals surface area contributed by atoms with Gasteiger partial charge < -0.3 is 4.74 Å². The average Bonchev–Trinajstić information content (AvgIpc) is 2.61. The first-order chi connectivity index (χ1) is 6.36. The summed E-state index contributed by atoms with van der Waals surface area (Å²) in [6.45, 7) is 5.91. The molecule has 1 aliphatic heterocycles. The predicted molar refractivity (Wildman–Crippen MR) is 52.8 cm³/mol. The molecule has 0 aliphatic carbocycles. The zero-order chi connectivity index (χ0) is 9.10. The Morgan fingerprint density at radius 3 is 3.38 bits per heavy atom. The molecule has 2 rings (SSSR count). The van der Waals surface area contributed by atoms with Crippen LogP contribution in [0.3, 0.4) is 0 Å². The van der Waals surface area contributed by atoms with Gasteiger partial charge in [-0.2, -0.15) is 0 Å². The van der Waals surface area contributed by atoms with Crippen molar-refractivity contribution in [2.24, 2.45) is 0 Å². The summed E-state index contributed by atoms with van der Waals surface area (Å²) in [7, 11) is 0. The molecule has 0 N–H and O–H groups in total. The van der Waals surface area contributed by atoms with Crippen molar-refractivity contribution in [3.63, 3.8) is 0 Å². The lowest BCUT2D eigenvalue weighted by atomic mass is 10.2. The Labute approximate surface area is 82.3 Å². The Morgan fingerprint density at radius 2 is 2.69 bits per heavy atom. The summed E-state index contributed by atoms with van der Waals surface area (Å²) < 4.78 is 5.37. The molecule has 1 aromatic heterocycles. The highest BCUT2D eigenvalue weighted by Gasteiger charge is 2.19. The van der Waals surface area contributed by atoms with Gasteiger partial charge in [0, 0.05) is 24.2 Å². The Morgan fingerprint density at radius 1 is 1.77 bits per heavy atom. The fourth-order valence-electron chi connectivity index (χ4n) is 1.50. The van der Waals surface area contributed by atoms with Crippen molar-refractivity contribution in [3.05, 3.63) is 16.6 Å². The first kappa shape index (κ1) is 9.12. The van der Waals surface area contributed by atoms with Crippen LogP contribution in [0.5, 0.6) is 0 Å². The van der Waals surface area contributed by atoms with Crippen LogP contribution in [0.1, 0.15) is 11.9 Å². The van der Waals surface area contributed by atoms with Crippen molar-refractivity contribution in [2.45, 2.75) is 19.5 Å². The third-order valence-electron chi connectivity index (χ3n) is 2.33. The normalized spacial score (nSPS) is 24.8. The molecule has 72 valence electrons. The van der Waals surface area contributed by atoms with E-state index in [0.717, 1.165) is 26.3 Å². The molecule has 0 spiro atoms. The topological polar surface area (TPSA) is 25.4 Å². The molecule has 0 amide bonds. The molecule has 0 saturated carbocycles. The maximum atomic E-state index is 5.37. The molecule has 4 heteroatoms. The maximum Gasteiger partial charge on any atom is 0.107 e. The van der Waals surface area contributed by atoms with Crippen LogP contribution < -0.4 is 0 Å². The van der Waals surface area contributed by atoms with Gasteiger partial charge in [-0.15, -0.1) is 11.3 Å². The van der Waals surface area contributed by atoms with Crippen LogP contribution in [-0.4, -0.2) is 35.7 Å². The Hall–Kier alpha value is -0.450. The van der Waals surface area contributed by atoms with E-state index < -0.39 is 0 Å². The standard InChI is InChI=1S/C9H14N2OS/c1-8-7-12-4-3-11(8)6-9-10-2-5-13-9/h2,5,8H,3-4,6-7H2,1H3. The molecule has 0 radical (unpaired) electrons. The van der Waals surface area contributed by atoms with Gasteiger partial charge in [0.25, 0.3) is 0 Å². The lowest BCUT2D eigenvalue weighted by Gasteiger charge is -2.32. The highest BCUT2D eigenvalue weighted by atomic mass is 32.1. The number of hydrogen-bond acceptors (Lipinski definition) is 4. The van der Waals surface area contributed by atoms with E-state index in [4.69, 9.17) is 4.74 Å². The van der Waals surface area contributed by atoms with E-state index in [2.05, 4.69) is 16.8 Å². The minimum Gasteiger partial charge on any atom is -0.379 e. The second-order valence-electron chi connectivity index (χ2n) is 3.32. The zero-order valence-electron chi connectivity index (χ0n) is 7.77. The smallest absolute Gasteiger partial charge is 0.107 e. The zero-order valence-corrected chi connectivity index (χ0v) is 8.59. The molecular weight excluding hydrogens is 184 g/mol. The molecule has 1 aliphatic rings. The molecule has 1 aromatic rings. The number of aromatic nitrogens is 1. The van der Waals surface area contributed by atoms with Crippen molar-refractivity contribution in [3.8, 4) is 0 Å². The maximum absolute atomic E-state index is 5.37. The highest BCUT2D eigenvalue weighted by molar-refractivity contribution is 7.09. The van der Waals surface area contributed by atoms with Gasteiger partial charge in [-0.3, -0.25) is 4.90 Å². The highest BCUT2D eigenvalue weighted by Crippen LogP contribution is 2.13. The summed E-state index contributed by atoms with van der Waals surface area (Å²) in [5.41, 5.74) is 0. The van der Waals surface area contributed by atoms with Crippen molar-refractivity contribution in [2.75, 3.05) is 19.8 Å². The van der Waals surface area contributed by atoms with E-state index in [9.17, 15) is 0 Å².